The van der Waals surface area contributed by atoms with Crippen molar-refractivity contribution in [1.29, 1.82) is 0 Å². The van der Waals surface area contributed by atoms with Crippen LogP contribution in [0.1, 0.15) is 25.7 Å². The Hall–Kier alpha value is -2.43. The molecule has 1 N–H and O–H groups in total. The summed E-state index contributed by atoms with van der Waals surface area (Å²) in [4.78, 5) is 14.7. The van der Waals surface area contributed by atoms with E-state index in [4.69, 9.17) is 0 Å². The van der Waals surface area contributed by atoms with Gasteiger partial charge in [-0.05, 0) is 37.8 Å². The molecule has 1 aromatic heterocycles. The Kier molecular flexibility index (Phi) is 3.81. The summed E-state index contributed by atoms with van der Waals surface area (Å²) in [6.07, 6.45) is 10.2. The highest BCUT2D eigenvalue weighted by Gasteiger charge is 2.14. The summed E-state index contributed by atoms with van der Waals surface area (Å²) in [5, 5.41) is 15.9. The van der Waals surface area contributed by atoms with Gasteiger partial charge in [-0.25, -0.2) is 0 Å². The van der Waals surface area contributed by atoms with Crippen molar-refractivity contribution in [1.82, 2.24) is 4.98 Å². The third-order valence-electron chi connectivity index (χ3n) is 3.89. The molecule has 3 rings (SSSR count). The van der Waals surface area contributed by atoms with Gasteiger partial charge in [-0.1, -0.05) is 11.6 Å². The average molecular weight is 283 g/mol. The van der Waals surface area contributed by atoms with E-state index in [1.54, 1.807) is 24.5 Å². The Morgan fingerprint density at radius 1 is 1.29 bits per heavy atom. The maximum Gasteiger partial charge on any atom is 0.278 e. The summed E-state index contributed by atoms with van der Waals surface area (Å²) >= 11 is 0. The molecule has 0 saturated heterocycles. The van der Waals surface area contributed by atoms with E-state index in [0.717, 1.165) is 24.0 Å². The van der Waals surface area contributed by atoms with Crippen LogP contribution in [0.4, 0.5) is 11.4 Å². The number of hydrogen-bond donors (Lipinski definition) is 1. The van der Waals surface area contributed by atoms with E-state index in [2.05, 4.69) is 16.4 Å². The van der Waals surface area contributed by atoms with Crippen molar-refractivity contribution >= 4 is 22.1 Å². The van der Waals surface area contributed by atoms with Crippen molar-refractivity contribution in [3.8, 4) is 0 Å². The Morgan fingerprint density at radius 3 is 2.95 bits per heavy atom. The first-order valence-corrected chi connectivity index (χ1v) is 7.18. The van der Waals surface area contributed by atoms with Gasteiger partial charge in [0.15, 0.2) is 0 Å². The van der Waals surface area contributed by atoms with E-state index >= 15 is 0 Å². The first-order valence-electron chi connectivity index (χ1n) is 7.18. The maximum atomic E-state index is 11.1. The lowest BCUT2D eigenvalue weighted by molar-refractivity contribution is -0.383. The van der Waals surface area contributed by atoms with Crippen LogP contribution < -0.4 is 5.32 Å². The first kappa shape index (κ1) is 13.5. The van der Waals surface area contributed by atoms with Gasteiger partial charge in [-0.3, -0.25) is 15.1 Å². The third kappa shape index (κ3) is 2.86. The van der Waals surface area contributed by atoms with Crippen molar-refractivity contribution in [3.63, 3.8) is 0 Å². The summed E-state index contributed by atoms with van der Waals surface area (Å²) in [6, 6.07) is 5.14. The number of rotatable bonds is 5. The predicted octanol–water partition coefficient (Wildman–Crippen LogP) is 4.06. The summed E-state index contributed by atoms with van der Waals surface area (Å²) < 4.78 is 0. The number of anilines is 1. The zero-order valence-corrected chi connectivity index (χ0v) is 11.7. The fourth-order valence-electron chi connectivity index (χ4n) is 2.81. The number of nitro groups is 1. The maximum absolute atomic E-state index is 11.1. The predicted molar refractivity (Wildman–Crippen MR) is 83.4 cm³/mol. The van der Waals surface area contributed by atoms with Gasteiger partial charge in [0.1, 0.15) is 0 Å². The highest BCUT2D eigenvalue weighted by Crippen LogP contribution is 2.31. The molecule has 0 unspecified atom stereocenters. The van der Waals surface area contributed by atoms with Gasteiger partial charge in [0, 0.05) is 36.1 Å². The van der Waals surface area contributed by atoms with E-state index in [9.17, 15) is 10.1 Å². The molecule has 1 aliphatic carbocycles. The molecule has 0 atom stereocenters. The molecule has 0 bridgehead atoms. The number of pyridine rings is 1. The highest BCUT2D eigenvalue weighted by molar-refractivity contribution is 5.99. The minimum absolute atomic E-state index is 0.0992. The molecular formula is C16H17N3O2. The van der Waals surface area contributed by atoms with Gasteiger partial charge < -0.3 is 5.32 Å². The van der Waals surface area contributed by atoms with E-state index in [-0.39, 0.29) is 10.6 Å². The standard InChI is InChI=1S/C16H17N3O2/c20-19(21)16-6-5-15(13-8-9-17-11-14(13)16)18-10-7-12-3-1-2-4-12/h3,5-6,8-9,11,18H,1-2,4,7,10H2. The van der Waals surface area contributed by atoms with E-state index in [1.165, 1.54) is 24.8 Å². The van der Waals surface area contributed by atoms with Crippen molar-refractivity contribution in [2.75, 3.05) is 11.9 Å². The molecule has 0 fully saturated rings. The summed E-state index contributed by atoms with van der Waals surface area (Å²) in [7, 11) is 0. The monoisotopic (exact) mass is 283 g/mol. The average Bonchev–Trinajstić information content (AvgIpc) is 3.00. The summed E-state index contributed by atoms with van der Waals surface area (Å²) in [5.74, 6) is 0. The van der Waals surface area contributed by atoms with Crippen LogP contribution in [0, 0.1) is 10.1 Å². The van der Waals surface area contributed by atoms with Gasteiger partial charge in [-0.15, -0.1) is 0 Å². The van der Waals surface area contributed by atoms with Gasteiger partial charge in [0.05, 0.1) is 10.3 Å². The molecule has 2 aromatic rings. The van der Waals surface area contributed by atoms with Crippen LogP contribution in [0.5, 0.6) is 0 Å². The van der Waals surface area contributed by atoms with Crippen LogP contribution in [-0.4, -0.2) is 16.5 Å². The molecule has 1 aliphatic rings. The van der Waals surface area contributed by atoms with Gasteiger partial charge in [0.25, 0.3) is 5.69 Å². The second-order valence-electron chi connectivity index (χ2n) is 5.24. The molecular weight excluding hydrogens is 266 g/mol. The summed E-state index contributed by atoms with van der Waals surface area (Å²) in [6.45, 7) is 0.848. The van der Waals surface area contributed by atoms with Crippen LogP contribution in [-0.2, 0) is 0 Å². The van der Waals surface area contributed by atoms with Crippen molar-refractivity contribution in [3.05, 3.63) is 52.4 Å². The second kappa shape index (κ2) is 5.91. The van der Waals surface area contributed by atoms with Gasteiger partial charge in [0.2, 0.25) is 0 Å². The van der Waals surface area contributed by atoms with E-state index in [0.29, 0.717) is 5.39 Å². The molecule has 0 radical (unpaired) electrons. The Morgan fingerprint density at radius 2 is 2.19 bits per heavy atom. The molecule has 1 heterocycles. The Bertz CT molecular complexity index is 710. The minimum Gasteiger partial charge on any atom is -0.384 e. The van der Waals surface area contributed by atoms with Crippen LogP contribution in [0.15, 0.2) is 42.2 Å². The van der Waals surface area contributed by atoms with Crippen LogP contribution in [0.2, 0.25) is 0 Å². The molecule has 21 heavy (non-hydrogen) atoms. The van der Waals surface area contributed by atoms with E-state index in [1.807, 2.05) is 6.07 Å². The highest BCUT2D eigenvalue weighted by atomic mass is 16.6. The lowest BCUT2D eigenvalue weighted by atomic mass is 10.1. The zero-order chi connectivity index (χ0) is 14.7. The molecule has 5 heteroatoms. The fourth-order valence-corrected chi connectivity index (χ4v) is 2.81. The van der Waals surface area contributed by atoms with E-state index < -0.39 is 0 Å². The van der Waals surface area contributed by atoms with Crippen molar-refractivity contribution in [2.45, 2.75) is 25.7 Å². The molecule has 1 aromatic carbocycles. The molecule has 0 saturated carbocycles. The first-order chi connectivity index (χ1) is 10.3. The van der Waals surface area contributed by atoms with Gasteiger partial charge >= 0.3 is 0 Å². The van der Waals surface area contributed by atoms with Crippen LogP contribution in [0.25, 0.3) is 10.8 Å². The number of nitro benzene ring substituents is 1. The van der Waals surface area contributed by atoms with Crippen molar-refractivity contribution in [2.24, 2.45) is 0 Å². The molecule has 108 valence electrons. The van der Waals surface area contributed by atoms with Crippen LogP contribution in [0.3, 0.4) is 0 Å². The van der Waals surface area contributed by atoms with Crippen molar-refractivity contribution < 1.29 is 4.92 Å². The summed E-state index contributed by atoms with van der Waals surface area (Å²) in [5.41, 5.74) is 2.54. The number of allylic oxidation sites excluding steroid dienone is 1. The van der Waals surface area contributed by atoms with Gasteiger partial charge in [-0.2, -0.15) is 0 Å². The number of hydrogen-bond acceptors (Lipinski definition) is 4. The quantitative estimate of drug-likeness (QED) is 0.510. The second-order valence-corrected chi connectivity index (χ2v) is 5.24. The number of nitrogens with zero attached hydrogens (tertiary/aromatic N) is 2. The Balaban J connectivity index is 1.82. The fraction of sp³-hybridized carbons (Fsp3) is 0.312. The normalized spacial score (nSPS) is 14.2. The third-order valence-corrected chi connectivity index (χ3v) is 3.89. The zero-order valence-electron chi connectivity index (χ0n) is 11.7. The largest absolute Gasteiger partial charge is 0.384 e. The molecule has 5 nitrogen and oxygen atoms in total. The minimum atomic E-state index is -0.364. The van der Waals surface area contributed by atoms with Crippen LogP contribution >= 0.6 is 0 Å². The number of nitrogens with one attached hydrogen (secondary N) is 1. The number of benzene rings is 1. The SMILES string of the molecule is O=[N+]([O-])c1ccc(NCCC2=CCCC2)c2ccncc12. The molecule has 0 amide bonds. The molecule has 0 aliphatic heterocycles. The number of aromatic nitrogens is 1. The number of non-ortho nitro benzene ring substituents is 1. The lowest BCUT2D eigenvalue weighted by Crippen LogP contribution is -2.03. The number of fused-ring (bicyclic) bond motifs is 1. The topological polar surface area (TPSA) is 68.1 Å². The Labute approximate surface area is 122 Å². The lowest BCUT2D eigenvalue weighted by Gasteiger charge is -2.10. The smallest absolute Gasteiger partial charge is 0.278 e. The molecule has 0 spiro atoms.